The molecule has 1 amide bonds. The van der Waals surface area contributed by atoms with Gasteiger partial charge in [-0.1, -0.05) is 181 Å². The standard InChI is InChI=1S/C36H73NO4/c1-3-5-7-9-11-13-15-17-19-21-23-25-27-29-33(39)31-36(41)37-34(32-38)35(40)30-28-26-24-22-20-18-16-14-12-10-8-6-4-2/h33-35,38-40H,3-32H2,1-2H3,(H,37,41)/t33?,34-,35+/m0/s1. The predicted molar refractivity (Wildman–Crippen MR) is 176 cm³/mol. The Morgan fingerprint density at radius 3 is 1.17 bits per heavy atom. The third-order valence-electron chi connectivity index (χ3n) is 8.67. The van der Waals surface area contributed by atoms with Gasteiger partial charge in [0.05, 0.1) is 31.3 Å². The van der Waals surface area contributed by atoms with Gasteiger partial charge in [0, 0.05) is 0 Å². The van der Waals surface area contributed by atoms with Crippen molar-refractivity contribution in [2.45, 2.75) is 218 Å². The summed E-state index contributed by atoms with van der Waals surface area (Å²) in [7, 11) is 0. The van der Waals surface area contributed by atoms with E-state index in [-0.39, 0.29) is 18.9 Å². The second kappa shape index (κ2) is 32.3. The van der Waals surface area contributed by atoms with Gasteiger partial charge in [-0.05, 0) is 12.8 Å². The molecule has 0 aromatic carbocycles. The van der Waals surface area contributed by atoms with E-state index in [0.717, 1.165) is 25.7 Å². The van der Waals surface area contributed by atoms with Crippen LogP contribution in [-0.2, 0) is 4.79 Å². The molecule has 0 radical (unpaired) electrons. The maximum absolute atomic E-state index is 12.4. The third kappa shape index (κ3) is 29.2. The molecular formula is C36H73NO4. The molecular weight excluding hydrogens is 510 g/mol. The van der Waals surface area contributed by atoms with Crippen LogP contribution in [0.1, 0.15) is 200 Å². The van der Waals surface area contributed by atoms with E-state index in [9.17, 15) is 20.1 Å². The first-order valence-corrected chi connectivity index (χ1v) is 18.3. The minimum absolute atomic E-state index is 0.0419. The molecule has 246 valence electrons. The molecule has 0 saturated carbocycles. The number of amides is 1. The van der Waals surface area contributed by atoms with Gasteiger partial charge in [-0.2, -0.15) is 0 Å². The molecule has 0 bridgehead atoms. The predicted octanol–water partition coefficient (Wildman–Crippen LogP) is 9.54. The summed E-state index contributed by atoms with van der Waals surface area (Å²) in [5.74, 6) is -0.282. The fourth-order valence-corrected chi connectivity index (χ4v) is 5.82. The molecule has 0 aliphatic heterocycles. The second-order valence-electron chi connectivity index (χ2n) is 12.8. The van der Waals surface area contributed by atoms with E-state index >= 15 is 0 Å². The van der Waals surface area contributed by atoms with Crippen molar-refractivity contribution in [1.29, 1.82) is 0 Å². The first-order chi connectivity index (χ1) is 20.0. The quantitative estimate of drug-likeness (QED) is 0.0579. The Kier molecular flexibility index (Phi) is 31.8. The van der Waals surface area contributed by atoms with Crippen molar-refractivity contribution in [2.24, 2.45) is 0 Å². The van der Waals surface area contributed by atoms with E-state index in [1.807, 2.05) is 0 Å². The summed E-state index contributed by atoms with van der Waals surface area (Å²) in [6.45, 7) is 4.25. The fourth-order valence-electron chi connectivity index (χ4n) is 5.82. The lowest BCUT2D eigenvalue weighted by Gasteiger charge is -2.23. The van der Waals surface area contributed by atoms with E-state index < -0.39 is 18.2 Å². The highest BCUT2D eigenvalue weighted by Gasteiger charge is 2.21. The molecule has 41 heavy (non-hydrogen) atoms. The number of rotatable bonds is 33. The Balaban J connectivity index is 3.66. The summed E-state index contributed by atoms with van der Waals surface area (Å²) in [5, 5.41) is 33.2. The van der Waals surface area contributed by atoms with Crippen molar-refractivity contribution >= 4 is 5.91 Å². The molecule has 5 heteroatoms. The van der Waals surface area contributed by atoms with Gasteiger partial charge in [-0.3, -0.25) is 4.79 Å². The summed E-state index contributed by atoms with van der Waals surface area (Å²) in [4.78, 5) is 12.4. The number of hydrogen-bond donors (Lipinski definition) is 4. The normalized spacial score (nSPS) is 13.8. The first kappa shape index (κ1) is 40.4. The molecule has 0 saturated heterocycles. The van der Waals surface area contributed by atoms with E-state index in [0.29, 0.717) is 12.8 Å². The first-order valence-electron chi connectivity index (χ1n) is 18.3. The zero-order chi connectivity index (χ0) is 30.2. The summed E-state index contributed by atoms with van der Waals surface area (Å²) in [6.07, 6.45) is 33.3. The lowest BCUT2D eigenvalue weighted by Crippen LogP contribution is -2.46. The van der Waals surface area contributed by atoms with Gasteiger partial charge in [0.25, 0.3) is 0 Å². The van der Waals surface area contributed by atoms with Gasteiger partial charge in [0.1, 0.15) is 0 Å². The molecule has 1 unspecified atom stereocenters. The zero-order valence-corrected chi connectivity index (χ0v) is 27.7. The van der Waals surface area contributed by atoms with Crippen molar-refractivity contribution in [2.75, 3.05) is 6.61 Å². The highest BCUT2D eigenvalue weighted by molar-refractivity contribution is 5.76. The molecule has 0 aromatic heterocycles. The van der Waals surface area contributed by atoms with Gasteiger partial charge >= 0.3 is 0 Å². The van der Waals surface area contributed by atoms with Crippen LogP contribution in [0.5, 0.6) is 0 Å². The summed E-state index contributed by atoms with van der Waals surface area (Å²) in [6, 6.07) is -0.650. The van der Waals surface area contributed by atoms with Crippen molar-refractivity contribution in [3.8, 4) is 0 Å². The number of aliphatic hydroxyl groups excluding tert-OH is 3. The Labute approximate surface area is 256 Å². The Bertz CT molecular complexity index is 530. The SMILES string of the molecule is CCCCCCCCCCCCCCCC(O)CC(=O)N[C@@H](CO)[C@H](O)CCCCCCCCCCCCCCC. The van der Waals surface area contributed by atoms with Crippen LogP contribution in [0.25, 0.3) is 0 Å². The molecule has 3 atom stereocenters. The third-order valence-corrected chi connectivity index (χ3v) is 8.67. The monoisotopic (exact) mass is 584 g/mol. The number of carbonyl (C=O) groups excluding carboxylic acids is 1. The van der Waals surface area contributed by atoms with Crippen molar-refractivity contribution < 1.29 is 20.1 Å². The maximum Gasteiger partial charge on any atom is 0.222 e. The van der Waals surface area contributed by atoms with E-state index in [1.165, 1.54) is 141 Å². The van der Waals surface area contributed by atoms with Crippen LogP contribution in [0.3, 0.4) is 0 Å². The molecule has 0 heterocycles. The Morgan fingerprint density at radius 2 is 0.829 bits per heavy atom. The largest absolute Gasteiger partial charge is 0.394 e. The van der Waals surface area contributed by atoms with Crippen LogP contribution in [0.4, 0.5) is 0 Å². The van der Waals surface area contributed by atoms with Crippen molar-refractivity contribution in [3.63, 3.8) is 0 Å². The van der Waals surface area contributed by atoms with Crippen LogP contribution in [-0.4, -0.2) is 46.1 Å². The molecule has 5 nitrogen and oxygen atoms in total. The maximum atomic E-state index is 12.4. The van der Waals surface area contributed by atoms with E-state index in [4.69, 9.17) is 0 Å². The van der Waals surface area contributed by atoms with Gasteiger partial charge in [0.15, 0.2) is 0 Å². The molecule has 0 spiro atoms. The van der Waals surface area contributed by atoms with Gasteiger partial charge in [-0.25, -0.2) is 0 Å². The number of aliphatic hydroxyl groups is 3. The molecule has 0 aliphatic rings. The van der Waals surface area contributed by atoms with Crippen LogP contribution in [0.15, 0.2) is 0 Å². The molecule has 0 aromatic rings. The number of hydrogen-bond acceptors (Lipinski definition) is 4. The smallest absolute Gasteiger partial charge is 0.222 e. The molecule has 0 rings (SSSR count). The lowest BCUT2D eigenvalue weighted by atomic mass is 10.0. The Hall–Kier alpha value is -0.650. The number of carbonyl (C=O) groups is 1. The van der Waals surface area contributed by atoms with Crippen molar-refractivity contribution in [3.05, 3.63) is 0 Å². The topological polar surface area (TPSA) is 89.8 Å². The average Bonchev–Trinajstić information content (AvgIpc) is 2.96. The van der Waals surface area contributed by atoms with Crippen LogP contribution < -0.4 is 5.32 Å². The lowest BCUT2D eigenvalue weighted by molar-refractivity contribution is -0.125. The van der Waals surface area contributed by atoms with E-state index in [1.54, 1.807) is 0 Å². The molecule has 0 fully saturated rings. The van der Waals surface area contributed by atoms with Gasteiger partial charge < -0.3 is 20.6 Å². The minimum atomic E-state index is -0.741. The second-order valence-corrected chi connectivity index (χ2v) is 12.8. The summed E-state index contributed by atoms with van der Waals surface area (Å²) < 4.78 is 0. The summed E-state index contributed by atoms with van der Waals surface area (Å²) >= 11 is 0. The van der Waals surface area contributed by atoms with Gasteiger partial charge in [-0.15, -0.1) is 0 Å². The molecule has 0 aliphatic carbocycles. The minimum Gasteiger partial charge on any atom is -0.394 e. The van der Waals surface area contributed by atoms with Gasteiger partial charge in [0.2, 0.25) is 5.91 Å². The van der Waals surface area contributed by atoms with Crippen LogP contribution in [0, 0.1) is 0 Å². The Morgan fingerprint density at radius 1 is 0.512 bits per heavy atom. The van der Waals surface area contributed by atoms with E-state index in [2.05, 4.69) is 19.2 Å². The highest BCUT2D eigenvalue weighted by Crippen LogP contribution is 2.16. The van der Waals surface area contributed by atoms with Crippen LogP contribution >= 0.6 is 0 Å². The van der Waals surface area contributed by atoms with Crippen molar-refractivity contribution in [1.82, 2.24) is 5.32 Å². The zero-order valence-electron chi connectivity index (χ0n) is 27.7. The number of unbranched alkanes of at least 4 members (excludes halogenated alkanes) is 24. The summed E-state index contributed by atoms with van der Waals surface area (Å²) in [5.41, 5.74) is 0. The highest BCUT2D eigenvalue weighted by atomic mass is 16.3. The van der Waals surface area contributed by atoms with Crippen LogP contribution in [0.2, 0.25) is 0 Å². The fraction of sp³-hybridized carbons (Fsp3) is 0.972. The molecule has 4 N–H and O–H groups in total. The number of nitrogens with one attached hydrogen (secondary N) is 1. The average molecular weight is 584 g/mol.